The van der Waals surface area contributed by atoms with E-state index in [1.807, 2.05) is 63.2 Å². The van der Waals surface area contributed by atoms with Crippen LogP contribution in [0.25, 0.3) is 33.9 Å². The van der Waals surface area contributed by atoms with Crippen molar-refractivity contribution in [3.8, 4) is 33.9 Å². The van der Waals surface area contributed by atoms with Gasteiger partial charge in [0, 0.05) is 16.5 Å². The summed E-state index contributed by atoms with van der Waals surface area (Å²) in [6, 6.07) is 17.4. The molecule has 0 saturated carbocycles. The molecule has 0 bridgehead atoms. The first-order chi connectivity index (χ1) is 15.6. The smallest absolute Gasteiger partial charge is 0.163 e. The Balaban J connectivity index is 1.90. The van der Waals surface area contributed by atoms with Crippen LogP contribution >= 0.6 is 0 Å². The molecule has 0 radical (unpaired) electrons. The lowest BCUT2D eigenvalue weighted by molar-refractivity contribution is 0.543. The van der Waals surface area contributed by atoms with Crippen LogP contribution < -0.4 is 0 Å². The number of benzene rings is 3. The van der Waals surface area contributed by atoms with Gasteiger partial charge in [0.2, 0.25) is 0 Å². The zero-order valence-corrected chi connectivity index (χ0v) is 17.0. The van der Waals surface area contributed by atoms with Gasteiger partial charge in [0.15, 0.2) is 11.6 Å². The molecule has 3 aromatic carbocycles. The minimum Gasteiger partial charge on any atom is -0.212 e. The molecule has 0 saturated heterocycles. The molecule has 0 amide bonds. The van der Waals surface area contributed by atoms with Gasteiger partial charge in [-0.25, -0.2) is 15.0 Å². The third-order valence-corrected chi connectivity index (χ3v) is 4.53. The van der Waals surface area contributed by atoms with Crippen LogP contribution in [0.1, 0.15) is 37.6 Å². The Kier molecular flexibility index (Phi) is 3.83. The van der Waals surface area contributed by atoms with Gasteiger partial charge in [0.1, 0.15) is 5.82 Å². The molecule has 4 aromatic rings. The summed E-state index contributed by atoms with van der Waals surface area (Å²) in [7, 11) is 0. The van der Waals surface area contributed by atoms with E-state index in [9.17, 15) is 0 Å². The van der Waals surface area contributed by atoms with Gasteiger partial charge < -0.3 is 0 Å². The van der Waals surface area contributed by atoms with Crippen LogP contribution in [0.5, 0.6) is 0 Å². The van der Waals surface area contributed by atoms with Crippen LogP contribution in [0.3, 0.4) is 0 Å². The highest BCUT2D eigenvalue weighted by atomic mass is 15.0. The average Bonchev–Trinajstić information content (AvgIpc) is 2.81. The van der Waals surface area contributed by atoms with Crippen molar-refractivity contribution >= 4 is 0 Å². The molecule has 0 aliphatic rings. The number of hydrogen-bond acceptors (Lipinski definition) is 3. The van der Waals surface area contributed by atoms with E-state index in [-0.39, 0.29) is 35.6 Å². The van der Waals surface area contributed by atoms with E-state index < -0.39 is 5.41 Å². The fourth-order valence-corrected chi connectivity index (χ4v) is 2.94. The van der Waals surface area contributed by atoms with Crippen molar-refractivity contribution in [2.45, 2.75) is 33.1 Å². The second-order valence-electron chi connectivity index (χ2n) is 8.00. The Hall–Kier alpha value is -3.33. The predicted octanol–water partition coefficient (Wildman–Crippen LogP) is 6.48. The van der Waals surface area contributed by atoms with Crippen LogP contribution in [0.2, 0.25) is 0 Å². The van der Waals surface area contributed by atoms with Gasteiger partial charge in [-0.1, -0.05) is 99.1 Å². The number of hydrogen-bond donors (Lipinski definition) is 0. The highest BCUT2D eigenvalue weighted by Gasteiger charge is 2.21. The highest BCUT2D eigenvalue weighted by Crippen LogP contribution is 2.27. The third-order valence-electron chi connectivity index (χ3n) is 4.53. The lowest BCUT2D eigenvalue weighted by Gasteiger charge is -2.18. The van der Waals surface area contributed by atoms with Crippen LogP contribution in [0, 0.1) is 6.92 Å². The van der Waals surface area contributed by atoms with E-state index in [1.165, 1.54) is 0 Å². The Morgan fingerprint density at radius 2 is 1.28 bits per heavy atom. The Morgan fingerprint density at radius 1 is 0.690 bits per heavy atom. The SMILES string of the molecule is [2H]c1c([2H])c(C)c([2H])c(-c2nc(-c3ccc(-c4ccccc4)cc3)nc(C(C)(C)C)n2)c1[2H]. The van der Waals surface area contributed by atoms with Crippen molar-refractivity contribution in [2.75, 3.05) is 0 Å². The van der Waals surface area contributed by atoms with Gasteiger partial charge in [-0.3, -0.25) is 0 Å². The first-order valence-corrected chi connectivity index (χ1v) is 9.57. The molecule has 0 spiro atoms. The summed E-state index contributed by atoms with van der Waals surface area (Å²) in [5.74, 6) is 1.17. The second kappa shape index (κ2) is 7.59. The molecule has 144 valence electrons. The van der Waals surface area contributed by atoms with Gasteiger partial charge in [0.25, 0.3) is 0 Å². The topological polar surface area (TPSA) is 38.7 Å². The third kappa shape index (κ3) is 4.24. The Morgan fingerprint density at radius 3 is 1.93 bits per heavy atom. The van der Waals surface area contributed by atoms with Crippen molar-refractivity contribution in [1.29, 1.82) is 0 Å². The van der Waals surface area contributed by atoms with Crippen molar-refractivity contribution < 1.29 is 5.48 Å². The van der Waals surface area contributed by atoms with Crippen molar-refractivity contribution in [3.05, 3.63) is 90.2 Å². The first kappa shape index (κ1) is 14.6. The number of aromatic nitrogens is 3. The molecule has 0 aliphatic heterocycles. The number of rotatable bonds is 3. The largest absolute Gasteiger partial charge is 0.212 e. The zero-order valence-electron chi connectivity index (χ0n) is 21.0. The summed E-state index contributed by atoms with van der Waals surface area (Å²) in [4.78, 5) is 13.9. The molecule has 4 rings (SSSR count). The molecule has 29 heavy (non-hydrogen) atoms. The molecular formula is C26H25N3. The van der Waals surface area contributed by atoms with E-state index in [0.717, 1.165) is 16.7 Å². The van der Waals surface area contributed by atoms with Gasteiger partial charge in [-0.15, -0.1) is 0 Å². The van der Waals surface area contributed by atoms with E-state index >= 15 is 0 Å². The highest BCUT2D eigenvalue weighted by molar-refractivity contribution is 5.68. The maximum absolute atomic E-state index is 8.51. The van der Waals surface area contributed by atoms with E-state index in [4.69, 9.17) is 10.5 Å². The molecule has 1 aromatic heterocycles. The fraction of sp³-hybridized carbons (Fsp3) is 0.192. The maximum atomic E-state index is 8.51. The number of nitrogens with zero attached hydrogens (tertiary/aromatic N) is 3. The summed E-state index contributed by atoms with van der Waals surface area (Å²) in [5, 5.41) is 0. The van der Waals surface area contributed by atoms with Crippen molar-refractivity contribution in [2.24, 2.45) is 0 Å². The normalized spacial score (nSPS) is 13.4. The summed E-state index contributed by atoms with van der Waals surface area (Å²) in [6.45, 7) is 7.59. The van der Waals surface area contributed by atoms with Crippen LogP contribution in [-0.4, -0.2) is 15.0 Å². The quantitative estimate of drug-likeness (QED) is 0.406. The van der Waals surface area contributed by atoms with Gasteiger partial charge in [-0.2, -0.15) is 0 Å². The first-order valence-electron chi connectivity index (χ1n) is 11.6. The Labute approximate surface area is 178 Å². The summed E-state index contributed by atoms with van der Waals surface area (Å²) >= 11 is 0. The predicted molar refractivity (Wildman–Crippen MR) is 120 cm³/mol. The molecule has 0 fully saturated rings. The second-order valence-corrected chi connectivity index (χ2v) is 8.00. The van der Waals surface area contributed by atoms with E-state index in [0.29, 0.717) is 17.2 Å². The van der Waals surface area contributed by atoms with Crippen LogP contribution in [0.15, 0.2) is 78.8 Å². The van der Waals surface area contributed by atoms with Gasteiger partial charge >= 0.3 is 0 Å². The summed E-state index contributed by atoms with van der Waals surface area (Å²) in [6.07, 6.45) is 0. The fourth-order valence-electron chi connectivity index (χ4n) is 2.94. The van der Waals surface area contributed by atoms with Gasteiger partial charge in [0.05, 0.1) is 5.48 Å². The molecule has 1 heterocycles. The lowest BCUT2D eigenvalue weighted by Crippen LogP contribution is -2.18. The van der Waals surface area contributed by atoms with Crippen molar-refractivity contribution in [1.82, 2.24) is 15.0 Å². The van der Waals surface area contributed by atoms with E-state index in [1.54, 1.807) is 6.92 Å². The molecule has 0 unspecified atom stereocenters. The van der Waals surface area contributed by atoms with Crippen LogP contribution in [-0.2, 0) is 5.41 Å². The van der Waals surface area contributed by atoms with Gasteiger partial charge in [-0.05, 0) is 24.1 Å². The Bertz CT molecular complexity index is 1300. The molecule has 0 N–H and O–H groups in total. The average molecular weight is 384 g/mol. The monoisotopic (exact) mass is 383 g/mol. The standard InChI is InChI=1S/C26H25N3/c1-18-9-8-12-22(17-18)24-27-23(28-25(29-24)26(2,3)4)21-15-13-20(14-16-21)19-10-6-5-7-11-19/h5-17H,1-4H3/i8D,9D,12D,17D. The molecule has 3 heteroatoms. The van der Waals surface area contributed by atoms with Crippen molar-refractivity contribution in [3.63, 3.8) is 0 Å². The molecule has 0 atom stereocenters. The van der Waals surface area contributed by atoms with Crippen LogP contribution in [0.4, 0.5) is 0 Å². The molecular weight excluding hydrogens is 354 g/mol. The minimum absolute atomic E-state index is 0.00238. The van der Waals surface area contributed by atoms with E-state index in [2.05, 4.69) is 22.1 Å². The maximum Gasteiger partial charge on any atom is 0.163 e. The lowest BCUT2D eigenvalue weighted by atomic mass is 9.95. The summed E-state index contributed by atoms with van der Waals surface area (Å²) < 4.78 is 33.1. The molecule has 0 aliphatic carbocycles. The minimum atomic E-state index is -0.394. The summed E-state index contributed by atoms with van der Waals surface area (Å²) in [5.41, 5.74) is 3.08. The molecule has 3 nitrogen and oxygen atoms in total. The zero-order chi connectivity index (χ0) is 23.9.